The summed E-state index contributed by atoms with van der Waals surface area (Å²) in [5.74, 6) is -2.34. The number of ether oxygens (including phenoxy) is 1. The monoisotopic (exact) mass is 286 g/mol. The molecule has 1 saturated carbocycles. The highest BCUT2D eigenvalue weighted by molar-refractivity contribution is 5.85. The van der Waals surface area contributed by atoms with E-state index in [-0.39, 0.29) is 30.7 Å². The Hall–Kier alpha value is -1.63. The van der Waals surface area contributed by atoms with Crippen LogP contribution in [-0.2, 0) is 19.1 Å². The van der Waals surface area contributed by atoms with Crippen molar-refractivity contribution in [3.8, 4) is 0 Å². The van der Waals surface area contributed by atoms with E-state index in [1.165, 1.54) is 7.11 Å². The molecular formula is C13H22N2O5. The quantitative estimate of drug-likeness (QED) is 0.593. The van der Waals surface area contributed by atoms with Crippen molar-refractivity contribution < 1.29 is 24.2 Å². The molecular weight excluding hydrogens is 264 g/mol. The number of rotatable bonds is 6. The highest BCUT2D eigenvalue weighted by atomic mass is 16.5. The van der Waals surface area contributed by atoms with Gasteiger partial charge in [-0.1, -0.05) is 12.8 Å². The number of carboxylic acids is 1. The predicted octanol–water partition coefficient (Wildman–Crippen LogP) is 0.0265. The molecule has 0 saturated heterocycles. The van der Waals surface area contributed by atoms with Crippen molar-refractivity contribution in [3.63, 3.8) is 0 Å². The zero-order chi connectivity index (χ0) is 15.1. The van der Waals surface area contributed by atoms with E-state index in [1.54, 1.807) is 0 Å². The molecule has 7 nitrogen and oxygen atoms in total. The fraction of sp³-hybridized carbons (Fsp3) is 0.769. The van der Waals surface area contributed by atoms with Crippen molar-refractivity contribution >= 4 is 17.8 Å². The van der Waals surface area contributed by atoms with E-state index < -0.39 is 18.0 Å². The number of carboxylic acid groups (broad SMARTS) is 1. The first-order valence-corrected chi connectivity index (χ1v) is 6.81. The van der Waals surface area contributed by atoms with Crippen molar-refractivity contribution in [3.05, 3.63) is 0 Å². The summed E-state index contributed by atoms with van der Waals surface area (Å²) in [7, 11) is 1.23. The van der Waals surface area contributed by atoms with Crippen LogP contribution in [0.15, 0.2) is 0 Å². The van der Waals surface area contributed by atoms with E-state index in [9.17, 15) is 14.4 Å². The molecule has 0 spiro atoms. The molecule has 1 rings (SSSR count). The van der Waals surface area contributed by atoms with Gasteiger partial charge in [-0.2, -0.15) is 0 Å². The second-order valence-electron chi connectivity index (χ2n) is 5.07. The van der Waals surface area contributed by atoms with Crippen LogP contribution in [0, 0.1) is 5.92 Å². The average molecular weight is 286 g/mol. The summed E-state index contributed by atoms with van der Waals surface area (Å²) in [6.07, 6.45) is 3.33. The number of nitrogens with two attached hydrogens (primary N) is 1. The second-order valence-corrected chi connectivity index (χ2v) is 5.07. The first kappa shape index (κ1) is 16.4. The van der Waals surface area contributed by atoms with Crippen molar-refractivity contribution in [1.82, 2.24) is 5.32 Å². The Bertz CT molecular complexity index is 372. The molecule has 0 aromatic heterocycles. The number of aliphatic carboxylic acids is 1. The van der Waals surface area contributed by atoms with Crippen LogP contribution in [0.25, 0.3) is 0 Å². The molecule has 0 aliphatic heterocycles. The average Bonchev–Trinajstić information content (AvgIpc) is 2.42. The van der Waals surface area contributed by atoms with Crippen molar-refractivity contribution in [2.45, 2.75) is 50.6 Å². The summed E-state index contributed by atoms with van der Waals surface area (Å²) in [6.45, 7) is 0. The van der Waals surface area contributed by atoms with Crippen LogP contribution in [0.2, 0.25) is 0 Å². The molecule has 1 aliphatic rings. The van der Waals surface area contributed by atoms with Gasteiger partial charge >= 0.3 is 11.9 Å². The predicted molar refractivity (Wildman–Crippen MR) is 70.7 cm³/mol. The van der Waals surface area contributed by atoms with Crippen LogP contribution in [0.5, 0.6) is 0 Å². The number of methoxy groups -OCH3 is 1. The zero-order valence-electron chi connectivity index (χ0n) is 11.6. The molecule has 1 fully saturated rings. The number of nitrogens with one attached hydrogen (secondary N) is 1. The summed E-state index contributed by atoms with van der Waals surface area (Å²) < 4.78 is 4.45. The van der Waals surface area contributed by atoms with Crippen molar-refractivity contribution in [1.29, 1.82) is 0 Å². The van der Waals surface area contributed by atoms with Crippen molar-refractivity contribution in [2.75, 3.05) is 7.11 Å². The van der Waals surface area contributed by atoms with Gasteiger partial charge < -0.3 is 20.9 Å². The third kappa shape index (κ3) is 4.80. The highest BCUT2D eigenvalue weighted by Crippen LogP contribution is 2.23. The fourth-order valence-electron chi connectivity index (χ4n) is 2.39. The molecule has 0 aromatic rings. The Kier molecular flexibility index (Phi) is 6.44. The largest absolute Gasteiger partial charge is 0.480 e. The molecule has 0 bridgehead atoms. The van der Waals surface area contributed by atoms with Crippen LogP contribution in [0.1, 0.15) is 38.5 Å². The summed E-state index contributed by atoms with van der Waals surface area (Å²) in [5, 5.41) is 11.5. The Morgan fingerprint density at radius 1 is 1.35 bits per heavy atom. The molecule has 4 N–H and O–H groups in total. The third-order valence-corrected chi connectivity index (χ3v) is 3.64. The molecule has 0 heterocycles. The lowest BCUT2D eigenvalue weighted by Crippen LogP contribution is -2.49. The summed E-state index contributed by atoms with van der Waals surface area (Å²) in [4.78, 5) is 34.2. The summed E-state index contributed by atoms with van der Waals surface area (Å²) in [6, 6.07) is -1.31. The molecule has 3 atom stereocenters. The minimum Gasteiger partial charge on any atom is -0.480 e. The summed E-state index contributed by atoms with van der Waals surface area (Å²) in [5.41, 5.74) is 5.89. The maximum atomic E-state index is 12.1. The maximum absolute atomic E-state index is 12.1. The first-order valence-electron chi connectivity index (χ1n) is 6.81. The topological polar surface area (TPSA) is 119 Å². The van der Waals surface area contributed by atoms with Crippen LogP contribution < -0.4 is 11.1 Å². The third-order valence-electron chi connectivity index (χ3n) is 3.64. The second kappa shape index (κ2) is 7.84. The Morgan fingerprint density at radius 2 is 2.00 bits per heavy atom. The SMILES string of the molecule is COC(=O)CC[C@@H](NC(=O)C1CCCCC1N)C(=O)O. The van der Waals surface area contributed by atoms with Crippen molar-refractivity contribution in [2.24, 2.45) is 11.7 Å². The van der Waals surface area contributed by atoms with Gasteiger partial charge in [0.2, 0.25) is 5.91 Å². The van der Waals surface area contributed by atoms with Gasteiger partial charge in [0.15, 0.2) is 0 Å². The molecule has 114 valence electrons. The fourth-order valence-corrected chi connectivity index (χ4v) is 2.39. The first-order chi connectivity index (χ1) is 9.45. The molecule has 2 unspecified atom stereocenters. The smallest absolute Gasteiger partial charge is 0.326 e. The lowest BCUT2D eigenvalue weighted by Gasteiger charge is -2.28. The van der Waals surface area contributed by atoms with E-state index in [0.717, 1.165) is 19.3 Å². The highest BCUT2D eigenvalue weighted by Gasteiger charge is 2.31. The van der Waals surface area contributed by atoms with E-state index in [4.69, 9.17) is 10.8 Å². The molecule has 20 heavy (non-hydrogen) atoms. The van der Waals surface area contributed by atoms with E-state index in [2.05, 4.69) is 10.1 Å². The van der Waals surface area contributed by atoms with Gasteiger partial charge in [0.25, 0.3) is 0 Å². The van der Waals surface area contributed by atoms with Gasteiger partial charge in [0.1, 0.15) is 6.04 Å². The van der Waals surface area contributed by atoms with Gasteiger partial charge in [0, 0.05) is 12.5 Å². The van der Waals surface area contributed by atoms with E-state index in [0.29, 0.717) is 6.42 Å². The molecule has 7 heteroatoms. The van der Waals surface area contributed by atoms with Gasteiger partial charge in [-0.3, -0.25) is 9.59 Å². The van der Waals surface area contributed by atoms with Gasteiger partial charge in [0.05, 0.1) is 13.0 Å². The Morgan fingerprint density at radius 3 is 2.55 bits per heavy atom. The Labute approximate surface area is 117 Å². The van der Waals surface area contributed by atoms with Crippen LogP contribution >= 0.6 is 0 Å². The number of hydrogen-bond acceptors (Lipinski definition) is 5. The lowest BCUT2D eigenvalue weighted by molar-refractivity contribution is -0.144. The van der Waals surface area contributed by atoms with Gasteiger partial charge in [-0.05, 0) is 19.3 Å². The van der Waals surface area contributed by atoms with Crippen LogP contribution in [0.4, 0.5) is 0 Å². The zero-order valence-corrected chi connectivity index (χ0v) is 11.6. The molecule has 0 aromatic carbocycles. The Balaban J connectivity index is 2.53. The number of esters is 1. The van der Waals surface area contributed by atoms with Crippen LogP contribution in [0.3, 0.4) is 0 Å². The number of amides is 1. The molecule has 1 amide bonds. The van der Waals surface area contributed by atoms with Gasteiger partial charge in [-0.25, -0.2) is 4.79 Å². The lowest BCUT2D eigenvalue weighted by atomic mass is 9.84. The minimum atomic E-state index is -1.16. The standard InChI is InChI=1S/C13H22N2O5/c1-20-11(16)7-6-10(13(18)19)15-12(17)8-4-2-3-5-9(8)14/h8-10H,2-7,14H2,1H3,(H,15,17)(H,18,19)/t8?,9?,10-/m1/s1. The van der Waals surface area contributed by atoms with Gasteiger partial charge in [-0.15, -0.1) is 0 Å². The molecule has 0 radical (unpaired) electrons. The number of hydrogen-bond donors (Lipinski definition) is 3. The minimum absolute atomic E-state index is 0.00963. The van der Waals surface area contributed by atoms with E-state index in [1.807, 2.05) is 0 Å². The van der Waals surface area contributed by atoms with Crippen LogP contribution in [-0.4, -0.2) is 42.1 Å². The summed E-state index contributed by atoms with van der Waals surface area (Å²) >= 11 is 0. The normalized spacial score (nSPS) is 23.7. The van der Waals surface area contributed by atoms with E-state index >= 15 is 0 Å². The molecule has 1 aliphatic carbocycles. The maximum Gasteiger partial charge on any atom is 0.326 e. The number of carbonyl (C=O) groups excluding carboxylic acids is 2. The number of carbonyl (C=O) groups is 3.